The molecule has 19 heavy (non-hydrogen) atoms. The molecule has 0 saturated heterocycles. The molecule has 0 aliphatic rings. The molecule has 0 fully saturated rings. The molecule has 1 radical (unpaired) electrons. The topological polar surface area (TPSA) is 9.23 Å². The van der Waals surface area contributed by atoms with E-state index in [1.807, 2.05) is 26.0 Å². The lowest BCUT2D eigenvalue weighted by atomic mass is 9.87. The Labute approximate surface area is 114 Å². The Kier molecular flexibility index (Phi) is 3.89. The predicted octanol–water partition coefficient (Wildman–Crippen LogP) is 4.42. The zero-order chi connectivity index (χ0) is 14.0. The van der Waals surface area contributed by atoms with Gasteiger partial charge in [0.25, 0.3) is 0 Å². The fourth-order valence-electron chi connectivity index (χ4n) is 2.46. The molecule has 2 aromatic rings. The highest BCUT2D eigenvalue weighted by atomic mass is 19.1. The number of ether oxygens (including phenoxy) is 1. The molecule has 0 aliphatic carbocycles. The van der Waals surface area contributed by atoms with Gasteiger partial charge < -0.3 is 4.74 Å². The van der Waals surface area contributed by atoms with Gasteiger partial charge in [-0.05, 0) is 67.3 Å². The van der Waals surface area contributed by atoms with Crippen LogP contribution in [0.1, 0.15) is 28.2 Å². The Hall–Kier alpha value is -1.83. The lowest BCUT2D eigenvalue weighted by Gasteiger charge is -2.19. The molecule has 2 heteroatoms. The van der Waals surface area contributed by atoms with Crippen molar-refractivity contribution >= 4 is 0 Å². The van der Waals surface area contributed by atoms with E-state index in [0.717, 1.165) is 22.4 Å². The summed E-state index contributed by atoms with van der Waals surface area (Å²) in [6, 6.07) is 10.5. The molecule has 99 valence electrons. The maximum atomic E-state index is 13.0. The van der Waals surface area contributed by atoms with Crippen LogP contribution < -0.4 is 4.74 Å². The van der Waals surface area contributed by atoms with Crippen LogP contribution in [-0.2, 0) is 0 Å². The largest absolute Gasteiger partial charge is 0.497 e. The first kappa shape index (κ1) is 13.6. The second kappa shape index (κ2) is 5.43. The van der Waals surface area contributed by atoms with Crippen molar-refractivity contribution in [2.45, 2.75) is 19.8 Å². The van der Waals surface area contributed by atoms with Crippen LogP contribution in [0.15, 0.2) is 36.4 Å². The Morgan fingerprint density at radius 2 is 1.58 bits per heavy atom. The number of hydrogen-bond acceptors (Lipinski definition) is 1. The van der Waals surface area contributed by atoms with Crippen molar-refractivity contribution in [3.63, 3.8) is 0 Å². The SMILES string of the molecule is [CH2]C(c1ccc(F)cc1)c1c(C)cc(OC)cc1C. The maximum Gasteiger partial charge on any atom is 0.123 e. The van der Waals surface area contributed by atoms with Gasteiger partial charge in [-0.3, -0.25) is 0 Å². The normalized spacial score (nSPS) is 12.3. The van der Waals surface area contributed by atoms with Crippen molar-refractivity contribution in [2.75, 3.05) is 7.11 Å². The van der Waals surface area contributed by atoms with E-state index >= 15 is 0 Å². The third kappa shape index (κ3) is 2.78. The summed E-state index contributed by atoms with van der Waals surface area (Å²) in [5.41, 5.74) is 4.47. The molecule has 2 rings (SSSR count). The molecule has 2 aromatic carbocycles. The van der Waals surface area contributed by atoms with Gasteiger partial charge >= 0.3 is 0 Å². The van der Waals surface area contributed by atoms with E-state index in [0.29, 0.717) is 0 Å². The minimum absolute atomic E-state index is 0.00786. The Balaban J connectivity index is 2.44. The van der Waals surface area contributed by atoms with Gasteiger partial charge in [0.15, 0.2) is 0 Å². The van der Waals surface area contributed by atoms with E-state index in [1.54, 1.807) is 19.2 Å². The molecule has 1 nitrogen and oxygen atoms in total. The van der Waals surface area contributed by atoms with E-state index in [2.05, 4.69) is 6.92 Å². The van der Waals surface area contributed by atoms with Gasteiger partial charge in [0.05, 0.1) is 7.11 Å². The van der Waals surface area contributed by atoms with Gasteiger partial charge in [-0.2, -0.15) is 0 Å². The fourth-order valence-corrected chi connectivity index (χ4v) is 2.46. The highest BCUT2D eigenvalue weighted by molar-refractivity contribution is 5.47. The van der Waals surface area contributed by atoms with Gasteiger partial charge in [-0.15, -0.1) is 0 Å². The Bertz CT molecular complexity index is 549. The first-order valence-electron chi connectivity index (χ1n) is 6.26. The third-order valence-corrected chi connectivity index (χ3v) is 3.42. The van der Waals surface area contributed by atoms with E-state index in [-0.39, 0.29) is 11.7 Å². The molecule has 0 saturated carbocycles. The van der Waals surface area contributed by atoms with Crippen LogP contribution in [0.4, 0.5) is 4.39 Å². The van der Waals surface area contributed by atoms with Crippen LogP contribution in [-0.4, -0.2) is 7.11 Å². The quantitative estimate of drug-likeness (QED) is 0.791. The van der Waals surface area contributed by atoms with Crippen molar-refractivity contribution < 1.29 is 9.13 Å². The van der Waals surface area contributed by atoms with Crippen LogP contribution in [0, 0.1) is 26.6 Å². The number of methoxy groups -OCH3 is 1. The zero-order valence-electron chi connectivity index (χ0n) is 11.5. The van der Waals surface area contributed by atoms with Gasteiger partial charge in [-0.25, -0.2) is 4.39 Å². The van der Waals surface area contributed by atoms with Crippen molar-refractivity contribution in [3.05, 3.63) is 71.4 Å². The van der Waals surface area contributed by atoms with E-state index in [1.165, 1.54) is 17.7 Å². The summed E-state index contributed by atoms with van der Waals surface area (Å²) >= 11 is 0. The van der Waals surface area contributed by atoms with E-state index in [4.69, 9.17) is 4.74 Å². The first-order valence-corrected chi connectivity index (χ1v) is 6.26. The van der Waals surface area contributed by atoms with Gasteiger partial charge in [0.1, 0.15) is 11.6 Å². The molecular formula is C17H18FO. The standard InChI is InChI=1S/C17H18FO/c1-11-9-16(19-4)10-12(2)17(11)13(3)14-5-7-15(18)8-6-14/h5-10,13H,3H2,1-2,4H3. The molecule has 0 bridgehead atoms. The minimum atomic E-state index is -0.223. The molecule has 0 heterocycles. The summed E-state index contributed by atoms with van der Waals surface area (Å²) in [6.07, 6.45) is 0. The Morgan fingerprint density at radius 3 is 2.05 bits per heavy atom. The minimum Gasteiger partial charge on any atom is -0.497 e. The molecule has 0 spiro atoms. The van der Waals surface area contributed by atoms with Crippen LogP contribution >= 0.6 is 0 Å². The summed E-state index contributed by atoms with van der Waals surface area (Å²) in [7, 11) is 1.66. The monoisotopic (exact) mass is 257 g/mol. The van der Waals surface area contributed by atoms with Crippen LogP contribution in [0.5, 0.6) is 5.75 Å². The van der Waals surface area contributed by atoms with Gasteiger partial charge in [0.2, 0.25) is 0 Å². The highest BCUT2D eigenvalue weighted by Gasteiger charge is 2.15. The molecular weight excluding hydrogens is 239 g/mol. The van der Waals surface area contributed by atoms with Crippen molar-refractivity contribution in [2.24, 2.45) is 0 Å². The number of aryl methyl sites for hydroxylation is 2. The summed E-state index contributed by atoms with van der Waals surface area (Å²) in [5.74, 6) is 0.621. The number of benzene rings is 2. The molecule has 1 atom stereocenters. The molecule has 0 N–H and O–H groups in total. The molecule has 0 aromatic heterocycles. The van der Waals surface area contributed by atoms with Crippen LogP contribution in [0.3, 0.4) is 0 Å². The fraction of sp³-hybridized carbons (Fsp3) is 0.235. The highest BCUT2D eigenvalue weighted by Crippen LogP contribution is 2.32. The Morgan fingerprint density at radius 1 is 1.05 bits per heavy atom. The third-order valence-electron chi connectivity index (χ3n) is 3.42. The van der Waals surface area contributed by atoms with E-state index < -0.39 is 0 Å². The molecule has 0 aliphatic heterocycles. The summed E-state index contributed by atoms with van der Waals surface area (Å²) in [4.78, 5) is 0. The number of halogens is 1. The average molecular weight is 257 g/mol. The maximum absolute atomic E-state index is 13.0. The first-order chi connectivity index (χ1) is 9.02. The smallest absolute Gasteiger partial charge is 0.123 e. The number of rotatable bonds is 3. The lowest BCUT2D eigenvalue weighted by Crippen LogP contribution is -2.03. The summed E-state index contributed by atoms with van der Waals surface area (Å²) in [6.45, 7) is 8.32. The number of hydrogen-bond donors (Lipinski definition) is 0. The van der Waals surface area contributed by atoms with E-state index in [9.17, 15) is 4.39 Å². The molecule has 1 unspecified atom stereocenters. The lowest BCUT2D eigenvalue weighted by molar-refractivity contribution is 0.414. The van der Waals surface area contributed by atoms with Gasteiger partial charge in [0, 0.05) is 5.92 Å². The van der Waals surface area contributed by atoms with Crippen molar-refractivity contribution in [3.8, 4) is 5.75 Å². The van der Waals surface area contributed by atoms with Crippen LogP contribution in [0.25, 0.3) is 0 Å². The van der Waals surface area contributed by atoms with Gasteiger partial charge in [-0.1, -0.05) is 12.1 Å². The second-order valence-corrected chi connectivity index (χ2v) is 4.78. The van der Waals surface area contributed by atoms with Crippen molar-refractivity contribution in [1.82, 2.24) is 0 Å². The van der Waals surface area contributed by atoms with Crippen molar-refractivity contribution in [1.29, 1.82) is 0 Å². The van der Waals surface area contributed by atoms with Crippen LogP contribution in [0.2, 0.25) is 0 Å². The average Bonchev–Trinajstić information content (AvgIpc) is 2.38. The summed E-state index contributed by atoms with van der Waals surface area (Å²) in [5, 5.41) is 0. The predicted molar refractivity (Wildman–Crippen MR) is 76.1 cm³/mol. The second-order valence-electron chi connectivity index (χ2n) is 4.78. The molecule has 0 amide bonds. The summed E-state index contributed by atoms with van der Waals surface area (Å²) < 4.78 is 18.2. The zero-order valence-corrected chi connectivity index (χ0v) is 11.5.